The standard InChI is InChI=1S/C26H30N6O4S.C25H29N7O3.C24H27N5O3/c1-35-22-10-21(11-23(13-22)36-2)32(16-18-4-5-18)20-6-7-24-25(12-20)30-26(15-27-24)19-14-28-31(17-19)9-8-29-37(3,33)34;1-26-7-8-32(19-9-20(34-3)12-21(10-19)35-4)18-5-6-22-23(11-18)30-24(14-28-22)17-13-29-31(15-17)16-25(33)27-2;1-24(2,30)15-29(18-8-19(31-4)11-20(9-18)32-5)17-6-7-21-22(10-17)27-23(13-25-21)16-12-26-28(3)14-16/h6-7,10-15,17-18,29H,4-5,8-9,16H2,1-3H3;5-6,9-15,26H,7-8,16H2,1-4H3,(H,27,33);6-14,30H,15H2,1-5H3. The summed E-state index contributed by atoms with van der Waals surface area (Å²) in [6.07, 6.45) is 19.5. The van der Waals surface area contributed by atoms with Crippen LogP contribution in [-0.2, 0) is 35.0 Å². The topological polar surface area (TPSA) is 303 Å². The van der Waals surface area contributed by atoms with Crippen molar-refractivity contribution in [3.8, 4) is 68.3 Å². The maximum absolute atomic E-state index is 11.7. The minimum absolute atomic E-state index is 0.121. The van der Waals surface area contributed by atoms with Crippen LogP contribution in [0.3, 0.4) is 0 Å². The molecule has 1 saturated carbocycles. The number of rotatable bonds is 28. The number of aliphatic hydroxyl groups is 1. The first-order valence-electron chi connectivity index (χ1n) is 33.5. The second-order valence-electron chi connectivity index (χ2n) is 25.4. The summed E-state index contributed by atoms with van der Waals surface area (Å²) in [7, 11) is 12.0. The average Bonchev–Trinajstić information content (AvgIpc) is 1.19. The Labute approximate surface area is 603 Å². The SMILES string of the molecule is CNCCN(c1cc(OC)cc(OC)c1)c1ccc2ncc(-c3cnn(CC(=O)NC)c3)nc2c1.COc1cc(OC)cc(N(CC(C)(C)O)c2ccc3ncc(-c4cnn(C)c4)nc3c2)c1.COc1cc(OC)cc(N(CC2CC2)c2ccc3ncc(-c4cnn(CCNS(C)(=O)=O)c4)nc3c2)c1. The fourth-order valence-corrected chi connectivity index (χ4v) is 11.8. The van der Waals surface area contributed by atoms with Crippen LogP contribution in [0.25, 0.3) is 66.9 Å². The Morgan fingerprint density at radius 2 is 0.923 bits per heavy atom. The second-order valence-corrected chi connectivity index (χ2v) is 27.2. The normalized spacial score (nSPS) is 12.0. The van der Waals surface area contributed by atoms with Crippen LogP contribution < -0.4 is 58.5 Å². The number of nitrogens with zero attached hydrogens (tertiary/aromatic N) is 15. The number of aryl methyl sites for hydroxylation is 1. The van der Waals surface area contributed by atoms with Gasteiger partial charge in [0.25, 0.3) is 0 Å². The number of hydrogen-bond acceptors (Lipinski definition) is 23. The van der Waals surface area contributed by atoms with Crippen LogP contribution in [0.1, 0.15) is 26.7 Å². The Hall–Kier alpha value is -11.5. The van der Waals surface area contributed by atoms with Crippen LogP contribution in [-0.4, -0.2) is 180 Å². The zero-order valence-corrected chi connectivity index (χ0v) is 61.1. The highest BCUT2D eigenvalue weighted by atomic mass is 32.2. The number of sulfonamides is 1. The minimum atomic E-state index is -3.24. The van der Waals surface area contributed by atoms with Crippen molar-refractivity contribution in [2.75, 3.05) is 110 Å². The van der Waals surface area contributed by atoms with Gasteiger partial charge in [-0.2, -0.15) is 15.3 Å². The first kappa shape index (κ1) is 73.7. The number of anilines is 6. The molecule has 1 aliphatic carbocycles. The molecule has 1 fully saturated rings. The lowest BCUT2D eigenvalue weighted by molar-refractivity contribution is -0.121. The maximum atomic E-state index is 11.7. The molecule has 12 aromatic rings. The highest BCUT2D eigenvalue weighted by Crippen LogP contribution is 2.41. The Kier molecular flexibility index (Phi) is 23.4. The number of fused-ring (bicyclic) bond motifs is 3. The maximum Gasteiger partial charge on any atom is 0.241 e. The molecule has 4 N–H and O–H groups in total. The predicted octanol–water partition coefficient (Wildman–Crippen LogP) is 10.2. The molecule has 13 rings (SSSR count). The lowest BCUT2D eigenvalue weighted by Crippen LogP contribution is -2.36. The molecular formula is C75H86N18O10S. The van der Waals surface area contributed by atoms with Gasteiger partial charge in [-0.15, -0.1) is 0 Å². The van der Waals surface area contributed by atoms with Crippen molar-refractivity contribution in [2.45, 2.75) is 45.4 Å². The van der Waals surface area contributed by atoms with Crippen molar-refractivity contribution >= 4 is 83.2 Å². The summed E-state index contributed by atoms with van der Waals surface area (Å²) in [6, 6.07) is 35.3. The Balaban J connectivity index is 0.000000157. The highest BCUT2D eigenvalue weighted by Gasteiger charge is 2.27. The molecule has 1 amide bonds. The smallest absolute Gasteiger partial charge is 0.241 e. The highest BCUT2D eigenvalue weighted by molar-refractivity contribution is 7.88. The van der Waals surface area contributed by atoms with Crippen LogP contribution in [0.2, 0.25) is 0 Å². The molecule has 29 heteroatoms. The van der Waals surface area contributed by atoms with E-state index in [2.05, 4.69) is 67.5 Å². The number of carbonyl (C=O) groups excluding carboxylic acids is 1. The number of carbonyl (C=O) groups is 1. The van der Waals surface area contributed by atoms with E-state index in [-0.39, 0.29) is 19.0 Å². The van der Waals surface area contributed by atoms with Gasteiger partial charge in [0.15, 0.2) is 0 Å². The number of nitrogens with one attached hydrogen (secondary N) is 3. The van der Waals surface area contributed by atoms with Gasteiger partial charge < -0.3 is 58.9 Å². The molecule has 0 atom stereocenters. The molecule has 0 aliphatic heterocycles. The molecule has 0 spiro atoms. The number of hydrogen-bond donors (Lipinski definition) is 4. The van der Waals surface area contributed by atoms with Crippen LogP contribution in [0.15, 0.2) is 165 Å². The summed E-state index contributed by atoms with van der Waals surface area (Å²) in [5.74, 6) is 4.76. The van der Waals surface area contributed by atoms with E-state index >= 15 is 0 Å². The molecule has 6 aromatic heterocycles. The second kappa shape index (κ2) is 33.1. The third-order valence-electron chi connectivity index (χ3n) is 16.9. The third kappa shape index (κ3) is 19.1. The van der Waals surface area contributed by atoms with Crippen molar-refractivity contribution < 1.29 is 46.7 Å². The largest absolute Gasteiger partial charge is 0.497 e. The molecule has 6 heterocycles. The van der Waals surface area contributed by atoms with Crippen LogP contribution in [0, 0.1) is 5.92 Å². The fraction of sp³-hybridized carbons (Fsp3) is 0.307. The molecule has 6 aromatic carbocycles. The van der Waals surface area contributed by atoms with E-state index in [9.17, 15) is 18.3 Å². The van der Waals surface area contributed by atoms with E-state index in [0.29, 0.717) is 53.4 Å². The van der Waals surface area contributed by atoms with Crippen molar-refractivity contribution in [2.24, 2.45) is 13.0 Å². The Bertz CT molecular complexity index is 5010. The van der Waals surface area contributed by atoms with Gasteiger partial charge in [-0.05, 0) is 94.3 Å². The summed E-state index contributed by atoms with van der Waals surface area (Å²) in [5.41, 5.74) is 13.9. The van der Waals surface area contributed by atoms with Gasteiger partial charge in [0.1, 0.15) is 41.0 Å². The van der Waals surface area contributed by atoms with Crippen molar-refractivity contribution in [3.63, 3.8) is 0 Å². The lowest BCUT2D eigenvalue weighted by atomic mass is 10.1. The first-order valence-corrected chi connectivity index (χ1v) is 35.4. The quantitative estimate of drug-likeness (QED) is 0.0354. The third-order valence-corrected chi connectivity index (χ3v) is 17.6. The number of amides is 1. The number of benzene rings is 6. The number of methoxy groups -OCH3 is 6. The van der Waals surface area contributed by atoms with Crippen molar-refractivity contribution in [3.05, 3.63) is 165 Å². The van der Waals surface area contributed by atoms with E-state index in [0.717, 1.165) is 127 Å². The molecule has 1 aliphatic rings. The monoisotopic (exact) mass is 1430 g/mol. The number of likely N-dealkylation sites (N-methyl/N-ethyl adjacent to an activating group) is 2. The molecular weight excluding hydrogens is 1350 g/mol. The van der Waals surface area contributed by atoms with E-state index in [1.165, 1.54) is 12.8 Å². The van der Waals surface area contributed by atoms with Crippen molar-refractivity contribution in [1.29, 1.82) is 0 Å². The van der Waals surface area contributed by atoms with Crippen LogP contribution in [0.4, 0.5) is 34.1 Å². The van der Waals surface area contributed by atoms with E-state index in [4.69, 9.17) is 43.4 Å². The fourth-order valence-electron chi connectivity index (χ4n) is 11.4. The van der Waals surface area contributed by atoms with Gasteiger partial charge in [-0.3, -0.25) is 33.8 Å². The first-order chi connectivity index (χ1) is 50.1. The van der Waals surface area contributed by atoms with Gasteiger partial charge in [-0.1, -0.05) is 0 Å². The van der Waals surface area contributed by atoms with Crippen LogP contribution in [0.5, 0.6) is 34.5 Å². The molecule has 0 bridgehead atoms. The number of ether oxygens (including phenoxy) is 6. The van der Waals surface area contributed by atoms with Gasteiger partial charge in [-0.25, -0.2) is 28.1 Å². The number of aromatic nitrogens is 12. The Morgan fingerprint density at radius 3 is 1.33 bits per heavy atom. The minimum Gasteiger partial charge on any atom is -0.497 e. The summed E-state index contributed by atoms with van der Waals surface area (Å²) in [6.45, 7) is 7.11. The van der Waals surface area contributed by atoms with Gasteiger partial charge in [0, 0.05) is 164 Å². The van der Waals surface area contributed by atoms with Crippen molar-refractivity contribution in [1.82, 2.24) is 74.6 Å². The molecule has 104 heavy (non-hydrogen) atoms. The zero-order valence-electron chi connectivity index (χ0n) is 60.3. The van der Waals surface area contributed by atoms with E-state index in [1.54, 1.807) is 121 Å². The van der Waals surface area contributed by atoms with Crippen LogP contribution >= 0.6 is 0 Å². The zero-order chi connectivity index (χ0) is 73.7. The van der Waals surface area contributed by atoms with Gasteiger partial charge in [0.2, 0.25) is 15.9 Å². The summed E-state index contributed by atoms with van der Waals surface area (Å²) in [5, 5.41) is 29.3. The summed E-state index contributed by atoms with van der Waals surface area (Å²) < 4.78 is 62.9. The molecule has 28 nitrogen and oxygen atoms in total. The summed E-state index contributed by atoms with van der Waals surface area (Å²) >= 11 is 0. The predicted molar refractivity (Wildman–Crippen MR) is 403 cm³/mol. The lowest BCUT2D eigenvalue weighted by Gasteiger charge is -2.31. The average molecular weight is 1430 g/mol. The van der Waals surface area contributed by atoms with E-state index < -0.39 is 15.6 Å². The molecule has 0 saturated heterocycles. The molecule has 542 valence electrons. The van der Waals surface area contributed by atoms with Gasteiger partial charge >= 0.3 is 0 Å². The Morgan fingerprint density at radius 1 is 0.519 bits per heavy atom. The molecule has 0 unspecified atom stereocenters. The summed E-state index contributed by atoms with van der Waals surface area (Å²) in [4.78, 5) is 46.4. The molecule has 0 radical (unpaired) electrons. The van der Waals surface area contributed by atoms with Gasteiger partial charge in [0.05, 0.1) is 155 Å². The van der Waals surface area contributed by atoms with E-state index in [1.807, 2.05) is 128 Å².